The molecule has 3 rings (SSSR count). The number of methoxy groups -OCH3 is 1. The summed E-state index contributed by atoms with van der Waals surface area (Å²) in [6, 6.07) is 18.3. The lowest BCUT2D eigenvalue weighted by Gasteiger charge is -2.19. The van der Waals surface area contributed by atoms with Gasteiger partial charge in [0.25, 0.3) is 0 Å². The molecule has 5 nitrogen and oxygen atoms in total. The molecule has 0 saturated carbocycles. The van der Waals surface area contributed by atoms with Crippen molar-refractivity contribution >= 4 is 11.7 Å². The lowest BCUT2D eigenvalue weighted by molar-refractivity contribution is 0.238. The molecule has 25 heavy (non-hydrogen) atoms. The zero-order valence-electron chi connectivity index (χ0n) is 14.6. The number of hydrogen-bond donors (Lipinski definition) is 2. The topological polar surface area (TPSA) is 53.6 Å². The summed E-state index contributed by atoms with van der Waals surface area (Å²) in [5.41, 5.74) is 2.39. The van der Waals surface area contributed by atoms with Gasteiger partial charge in [-0.05, 0) is 42.7 Å². The molecular weight excluding hydrogens is 314 g/mol. The van der Waals surface area contributed by atoms with Crippen LogP contribution >= 0.6 is 0 Å². The Morgan fingerprint density at radius 2 is 1.92 bits per heavy atom. The highest BCUT2D eigenvalue weighted by atomic mass is 16.5. The summed E-state index contributed by atoms with van der Waals surface area (Å²) in [5.74, 6) is 0.846. The molecule has 0 aliphatic carbocycles. The van der Waals surface area contributed by atoms with Crippen LogP contribution in [0.4, 0.5) is 10.5 Å². The van der Waals surface area contributed by atoms with Crippen molar-refractivity contribution in [3.8, 4) is 5.75 Å². The van der Waals surface area contributed by atoms with Gasteiger partial charge < -0.3 is 20.3 Å². The van der Waals surface area contributed by atoms with Crippen molar-refractivity contribution in [2.24, 2.45) is 0 Å². The number of benzene rings is 2. The molecule has 1 aliphatic heterocycles. The van der Waals surface area contributed by atoms with Crippen LogP contribution in [0.1, 0.15) is 12.0 Å². The van der Waals surface area contributed by atoms with Crippen LogP contribution in [-0.4, -0.2) is 38.8 Å². The van der Waals surface area contributed by atoms with E-state index in [0.29, 0.717) is 6.54 Å². The number of hydrogen-bond acceptors (Lipinski definition) is 3. The summed E-state index contributed by atoms with van der Waals surface area (Å²) < 4.78 is 5.14. The fourth-order valence-electron chi connectivity index (χ4n) is 3.10. The first kappa shape index (κ1) is 17.1. The molecule has 1 atom stereocenters. The molecule has 2 aromatic rings. The third kappa shape index (κ3) is 4.89. The number of nitrogens with zero attached hydrogens (tertiary/aromatic N) is 1. The number of carbonyl (C=O) groups excluding carboxylic acids is 1. The minimum atomic E-state index is -0.0894. The molecule has 0 aromatic heterocycles. The maximum Gasteiger partial charge on any atom is 0.315 e. The van der Waals surface area contributed by atoms with Crippen LogP contribution < -0.4 is 20.3 Å². The van der Waals surface area contributed by atoms with Crippen LogP contribution in [-0.2, 0) is 6.42 Å². The molecule has 0 radical (unpaired) electrons. The van der Waals surface area contributed by atoms with Crippen molar-refractivity contribution in [2.45, 2.75) is 18.9 Å². The lowest BCUT2D eigenvalue weighted by Crippen LogP contribution is -2.43. The Morgan fingerprint density at radius 3 is 2.64 bits per heavy atom. The average molecular weight is 339 g/mol. The molecule has 1 aliphatic rings. The number of rotatable bonds is 6. The molecule has 1 fully saturated rings. The van der Waals surface area contributed by atoms with Gasteiger partial charge in [0.15, 0.2) is 0 Å². The summed E-state index contributed by atoms with van der Waals surface area (Å²) in [7, 11) is 1.66. The van der Waals surface area contributed by atoms with Crippen molar-refractivity contribution < 1.29 is 9.53 Å². The molecule has 132 valence electrons. The molecule has 1 unspecified atom stereocenters. The second kappa shape index (κ2) is 8.42. The number of nitrogens with one attached hydrogen (secondary N) is 2. The first-order valence-electron chi connectivity index (χ1n) is 8.72. The first-order chi connectivity index (χ1) is 12.2. The maximum atomic E-state index is 12.1. The smallest absolute Gasteiger partial charge is 0.315 e. The fourth-order valence-corrected chi connectivity index (χ4v) is 3.10. The molecule has 5 heteroatoms. The number of para-hydroxylation sites is 1. The summed E-state index contributed by atoms with van der Waals surface area (Å²) in [6.45, 7) is 2.45. The van der Waals surface area contributed by atoms with Gasteiger partial charge in [0.05, 0.1) is 7.11 Å². The lowest BCUT2D eigenvalue weighted by atomic mass is 10.1. The van der Waals surface area contributed by atoms with Gasteiger partial charge in [-0.3, -0.25) is 0 Å². The second-order valence-corrected chi connectivity index (χ2v) is 6.27. The Labute approximate surface area is 149 Å². The summed E-state index contributed by atoms with van der Waals surface area (Å²) in [6.07, 6.45) is 1.78. The van der Waals surface area contributed by atoms with Gasteiger partial charge in [0, 0.05) is 31.4 Å². The van der Waals surface area contributed by atoms with E-state index in [1.807, 2.05) is 42.5 Å². The standard InChI is InChI=1S/C20H25N3O2/c1-25-19-9-7-16(8-10-19)11-13-21-20(24)22-17-12-14-23(15-17)18-5-3-2-4-6-18/h2-10,17H,11-15H2,1H3,(H2,21,22,24). The Balaban J connectivity index is 1.38. The molecule has 2 aromatic carbocycles. The van der Waals surface area contributed by atoms with E-state index in [9.17, 15) is 4.79 Å². The zero-order valence-corrected chi connectivity index (χ0v) is 14.6. The Kier molecular flexibility index (Phi) is 5.77. The fraction of sp³-hybridized carbons (Fsp3) is 0.350. The molecule has 1 saturated heterocycles. The van der Waals surface area contributed by atoms with Crippen molar-refractivity contribution in [1.29, 1.82) is 0 Å². The van der Waals surface area contributed by atoms with Crippen LogP contribution in [0.5, 0.6) is 5.75 Å². The van der Waals surface area contributed by atoms with Crippen LogP contribution in [0, 0.1) is 0 Å². The van der Waals surface area contributed by atoms with Gasteiger partial charge in [-0.15, -0.1) is 0 Å². The van der Waals surface area contributed by atoms with Gasteiger partial charge in [0.1, 0.15) is 5.75 Å². The van der Waals surface area contributed by atoms with E-state index in [1.54, 1.807) is 7.11 Å². The van der Waals surface area contributed by atoms with Gasteiger partial charge in [-0.25, -0.2) is 4.79 Å². The Morgan fingerprint density at radius 1 is 1.16 bits per heavy atom. The number of anilines is 1. The van der Waals surface area contributed by atoms with Gasteiger partial charge in [0.2, 0.25) is 0 Å². The van der Waals surface area contributed by atoms with Crippen LogP contribution in [0.2, 0.25) is 0 Å². The van der Waals surface area contributed by atoms with Gasteiger partial charge in [-0.1, -0.05) is 30.3 Å². The van der Waals surface area contributed by atoms with E-state index in [0.717, 1.165) is 31.7 Å². The molecule has 0 spiro atoms. The minimum Gasteiger partial charge on any atom is -0.497 e. The van der Waals surface area contributed by atoms with E-state index in [4.69, 9.17) is 4.74 Å². The van der Waals surface area contributed by atoms with Crippen LogP contribution in [0.3, 0.4) is 0 Å². The van der Waals surface area contributed by atoms with Crippen molar-refractivity contribution in [3.05, 3.63) is 60.2 Å². The number of carbonyl (C=O) groups is 1. The molecule has 1 heterocycles. The third-order valence-corrected chi connectivity index (χ3v) is 4.50. The summed E-state index contributed by atoms with van der Waals surface area (Å²) >= 11 is 0. The minimum absolute atomic E-state index is 0.0894. The Bertz CT molecular complexity index is 673. The largest absolute Gasteiger partial charge is 0.497 e. The highest BCUT2D eigenvalue weighted by Gasteiger charge is 2.23. The quantitative estimate of drug-likeness (QED) is 0.851. The SMILES string of the molecule is COc1ccc(CCNC(=O)NC2CCN(c3ccccc3)C2)cc1. The normalized spacial score (nSPS) is 16.5. The van der Waals surface area contributed by atoms with E-state index in [1.165, 1.54) is 11.3 Å². The van der Waals surface area contributed by atoms with Gasteiger partial charge in [-0.2, -0.15) is 0 Å². The first-order valence-corrected chi connectivity index (χ1v) is 8.72. The average Bonchev–Trinajstić information content (AvgIpc) is 3.11. The van der Waals surface area contributed by atoms with E-state index < -0.39 is 0 Å². The molecule has 0 bridgehead atoms. The number of amides is 2. The monoisotopic (exact) mass is 339 g/mol. The molecular formula is C20H25N3O2. The Hall–Kier alpha value is -2.69. The highest BCUT2D eigenvalue weighted by Crippen LogP contribution is 2.19. The van der Waals surface area contributed by atoms with Crippen LogP contribution in [0.15, 0.2) is 54.6 Å². The maximum absolute atomic E-state index is 12.1. The van der Waals surface area contributed by atoms with Crippen molar-refractivity contribution in [1.82, 2.24) is 10.6 Å². The number of urea groups is 1. The third-order valence-electron chi connectivity index (χ3n) is 4.50. The summed E-state index contributed by atoms with van der Waals surface area (Å²) in [4.78, 5) is 14.4. The molecule has 2 amide bonds. The number of ether oxygens (including phenoxy) is 1. The summed E-state index contributed by atoms with van der Waals surface area (Å²) in [5, 5.41) is 6.01. The van der Waals surface area contributed by atoms with E-state index in [-0.39, 0.29) is 12.1 Å². The highest BCUT2D eigenvalue weighted by molar-refractivity contribution is 5.74. The van der Waals surface area contributed by atoms with E-state index in [2.05, 4.69) is 27.7 Å². The second-order valence-electron chi connectivity index (χ2n) is 6.27. The zero-order chi connectivity index (χ0) is 17.5. The van der Waals surface area contributed by atoms with Gasteiger partial charge >= 0.3 is 6.03 Å². The van der Waals surface area contributed by atoms with Crippen molar-refractivity contribution in [3.63, 3.8) is 0 Å². The van der Waals surface area contributed by atoms with Crippen LogP contribution in [0.25, 0.3) is 0 Å². The molecule has 2 N–H and O–H groups in total. The van der Waals surface area contributed by atoms with E-state index >= 15 is 0 Å². The predicted molar refractivity (Wildman–Crippen MR) is 100 cm³/mol. The van der Waals surface area contributed by atoms with Crippen molar-refractivity contribution in [2.75, 3.05) is 31.6 Å². The predicted octanol–water partition coefficient (Wildman–Crippen LogP) is 2.82.